The lowest BCUT2D eigenvalue weighted by atomic mass is 9.98. The zero-order valence-corrected chi connectivity index (χ0v) is 10.9. The van der Waals surface area contributed by atoms with Gasteiger partial charge in [-0.1, -0.05) is 33.6 Å². The maximum atomic E-state index is 11.7. The molecular weight excluding hydrogens is 206 g/mol. The highest BCUT2D eigenvalue weighted by Gasteiger charge is 2.25. The highest BCUT2D eigenvalue weighted by atomic mass is 32.1. The lowest BCUT2D eigenvalue weighted by molar-refractivity contribution is -0.121. The molecular formula is C12H23NOS. The molecule has 0 radical (unpaired) electrons. The smallest absolute Gasteiger partial charge is 0.233 e. The van der Waals surface area contributed by atoms with E-state index in [0.29, 0.717) is 11.8 Å². The minimum absolute atomic E-state index is 0.0902. The van der Waals surface area contributed by atoms with Crippen LogP contribution < -0.4 is 5.32 Å². The highest BCUT2D eigenvalue weighted by Crippen LogP contribution is 2.30. The molecule has 1 rings (SSSR count). The Morgan fingerprint density at radius 1 is 1.47 bits per heavy atom. The van der Waals surface area contributed by atoms with E-state index in [2.05, 4.69) is 24.9 Å². The molecule has 3 atom stereocenters. The van der Waals surface area contributed by atoms with Gasteiger partial charge in [-0.3, -0.25) is 4.79 Å². The highest BCUT2D eigenvalue weighted by molar-refractivity contribution is 7.81. The summed E-state index contributed by atoms with van der Waals surface area (Å²) in [6, 6.07) is 0. The maximum Gasteiger partial charge on any atom is 0.233 e. The Morgan fingerprint density at radius 2 is 2.13 bits per heavy atom. The van der Waals surface area contributed by atoms with Crippen LogP contribution in [0.15, 0.2) is 0 Å². The van der Waals surface area contributed by atoms with Crippen molar-refractivity contribution >= 4 is 18.5 Å². The van der Waals surface area contributed by atoms with Gasteiger partial charge in [-0.15, -0.1) is 0 Å². The van der Waals surface area contributed by atoms with Gasteiger partial charge in [0.2, 0.25) is 5.91 Å². The van der Waals surface area contributed by atoms with Gasteiger partial charge in [-0.2, -0.15) is 12.6 Å². The topological polar surface area (TPSA) is 29.1 Å². The van der Waals surface area contributed by atoms with Crippen molar-refractivity contribution in [3.63, 3.8) is 0 Å². The molecule has 1 aliphatic carbocycles. The van der Waals surface area contributed by atoms with Crippen molar-refractivity contribution < 1.29 is 4.79 Å². The van der Waals surface area contributed by atoms with Crippen LogP contribution >= 0.6 is 12.6 Å². The number of nitrogens with one attached hydrogen (secondary N) is 1. The fraction of sp³-hybridized carbons (Fsp3) is 0.917. The summed E-state index contributed by atoms with van der Waals surface area (Å²) in [5.41, 5.74) is 0. The number of carbonyl (C=O) groups excluding carboxylic acids is 1. The van der Waals surface area contributed by atoms with Gasteiger partial charge in [-0.25, -0.2) is 0 Å². The summed E-state index contributed by atoms with van der Waals surface area (Å²) >= 11 is 4.31. The Morgan fingerprint density at radius 3 is 2.60 bits per heavy atom. The van der Waals surface area contributed by atoms with Crippen molar-refractivity contribution in [3.05, 3.63) is 0 Å². The second kappa shape index (κ2) is 5.78. The second-order valence-electron chi connectivity index (χ2n) is 5.10. The summed E-state index contributed by atoms with van der Waals surface area (Å²) in [4.78, 5) is 11.7. The van der Waals surface area contributed by atoms with Crippen molar-refractivity contribution in [2.75, 3.05) is 6.54 Å². The monoisotopic (exact) mass is 229 g/mol. The molecule has 1 amide bonds. The predicted molar refractivity (Wildman–Crippen MR) is 67.1 cm³/mol. The average Bonchev–Trinajstić information content (AvgIpc) is 2.59. The van der Waals surface area contributed by atoms with Gasteiger partial charge < -0.3 is 5.32 Å². The van der Waals surface area contributed by atoms with Crippen LogP contribution in [0.1, 0.15) is 40.0 Å². The second-order valence-corrected chi connectivity index (χ2v) is 5.66. The zero-order valence-electron chi connectivity index (χ0n) is 9.99. The molecule has 0 saturated heterocycles. The van der Waals surface area contributed by atoms with Gasteiger partial charge in [-0.05, 0) is 24.2 Å². The van der Waals surface area contributed by atoms with Gasteiger partial charge in [0.1, 0.15) is 0 Å². The van der Waals surface area contributed by atoms with E-state index in [1.807, 2.05) is 13.8 Å². The van der Waals surface area contributed by atoms with E-state index in [9.17, 15) is 4.79 Å². The molecule has 15 heavy (non-hydrogen) atoms. The minimum atomic E-state index is -0.165. The first-order valence-electron chi connectivity index (χ1n) is 5.98. The fourth-order valence-corrected chi connectivity index (χ4v) is 2.26. The van der Waals surface area contributed by atoms with Crippen molar-refractivity contribution in [1.29, 1.82) is 0 Å². The molecule has 0 aromatic carbocycles. The molecule has 0 bridgehead atoms. The van der Waals surface area contributed by atoms with Gasteiger partial charge in [0.25, 0.3) is 0 Å². The Bertz CT molecular complexity index is 218. The molecule has 0 spiro atoms. The molecule has 88 valence electrons. The normalized spacial score (nSPS) is 28.1. The molecule has 3 unspecified atom stereocenters. The quantitative estimate of drug-likeness (QED) is 0.713. The fourth-order valence-electron chi connectivity index (χ4n) is 2.16. The van der Waals surface area contributed by atoms with Crippen molar-refractivity contribution in [1.82, 2.24) is 5.32 Å². The van der Waals surface area contributed by atoms with Gasteiger partial charge in [0, 0.05) is 6.54 Å². The summed E-state index contributed by atoms with van der Waals surface area (Å²) in [5, 5.41) is 2.86. The first-order chi connectivity index (χ1) is 7.02. The lowest BCUT2D eigenvalue weighted by Crippen LogP contribution is -2.37. The molecule has 2 nitrogen and oxygen atoms in total. The van der Waals surface area contributed by atoms with Gasteiger partial charge in [0.15, 0.2) is 0 Å². The van der Waals surface area contributed by atoms with E-state index >= 15 is 0 Å². The van der Waals surface area contributed by atoms with Gasteiger partial charge in [0.05, 0.1) is 5.25 Å². The van der Waals surface area contributed by atoms with Crippen molar-refractivity contribution in [2.45, 2.75) is 45.3 Å². The minimum Gasteiger partial charge on any atom is -0.355 e. The molecule has 1 fully saturated rings. The van der Waals surface area contributed by atoms with E-state index in [-0.39, 0.29) is 11.2 Å². The van der Waals surface area contributed by atoms with Crippen LogP contribution in [0.3, 0.4) is 0 Å². The third kappa shape index (κ3) is 3.71. The molecule has 1 N–H and O–H groups in total. The Balaban J connectivity index is 2.27. The lowest BCUT2D eigenvalue weighted by Gasteiger charge is -2.19. The van der Waals surface area contributed by atoms with Crippen molar-refractivity contribution in [2.24, 2.45) is 17.8 Å². The Labute approximate surface area is 98.6 Å². The van der Waals surface area contributed by atoms with Crippen LogP contribution in [0.5, 0.6) is 0 Å². The van der Waals surface area contributed by atoms with E-state index in [1.54, 1.807) is 0 Å². The zero-order chi connectivity index (χ0) is 11.4. The molecule has 3 heteroatoms. The Kier molecular flexibility index (Phi) is 4.97. The summed E-state index contributed by atoms with van der Waals surface area (Å²) < 4.78 is 0. The summed E-state index contributed by atoms with van der Waals surface area (Å²) in [6.45, 7) is 7.17. The summed E-state index contributed by atoms with van der Waals surface area (Å²) in [6.07, 6.45) is 3.89. The molecule has 1 aliphatic rings. The van der Waals surface area contributed by atoms with Crippen molar-refractivity contribution in [3.8, 4) is 0 Å². The number of hydrogen-bond acceptors (Lipinski definition) is 2. The molecule has 0 heterocycles. The number of hydrogen-bond donors (Lipinski definition) is 2. The van der Waals surface area contributed by atoms with E-state index in [4.69, 9.17) is 0 Å². The summed E-state index contributed by atoms with van der Waals surface area (Å²) in [5.74, 6) is 1.84. The van der Waals surface area contributed by atoms with Crippen LogP contribution in [0.4, 0.5) is 0 Å². The maximum absolute atomic E-state index is 11.7. The summed E-state index contributed by atoms with van der Waals surface area (Å²) in [7, 11) is 0. The van der Waals surface area contributed by atoms with Crippen LogP contribution in [0.25, 0.3) is 0 Å². The number of thiol groups is 1. The van der Waals surface area contributed by atoms with Crippen LogP contribution in [-0.2, 0) is 4.79 Å². The largest absolute Gasteiger partial charge is 0.355 e. The molecule has 0 aromatic heterocycles. The SMILES string of the molecule is CC(C)C(S)C(=O)NCC1CCCC1C. The predicted octanol–water partition coefficient (Wildman–Crippen LogP) is 2.49. The van der Waals surface area contributed by atoms with Crippen LogP contribution in [-0.4, -0.2) is 17.7 Å². The average molecular weight is 229 g/mol. The van der Waals surface area contributed by atoms with Gasteiger partial charge >= 0.3 is 0 Å². The molecule has 1 saturated carbocycles. The van der Waals surface area contributed by atoms with Crippen LogP contribution in [0.2, 0.25) is 0 Å². The third-order valence-corrected chi connectivity index (χ3v) is 4.31. The first-order valence-corrected chi connectivity index (χ1v) is 6.49. The Hall–Kier alpha value is -0.180. The first kappa shape index (κ1) is 12.9. The molecule has 0 aliphatic heterocycles. The number of carbonyl (C=O) groups is 1. The molecule has 0 aromatic rings. The number of amides is 1. The van der Waals surface area contributed by atoms with E-state index < -0.39 is 0 Å². The standard InChI is InChI=1S/C12H23NOS/c1-8(2)11(15)12(14)13-7-10-6-4-5-9(10)3/h8-11,15H,4-7H2,1-3H3,(H,13,14). The number of rotatable bonds is 4. The third-order valence-electron chi connectivity index (χ3n) is 3.48. The van der Waals surface area contributed by atoms with Crippen LogP contribution in [0, 0.1) is 17.8 Å². The van der Waals surface area contributed by atoms with E-state index in [0.717, 1.165) is 12.5 Å². The van der Waals surface area contributed by atoms with E-state index in [1.165, 1.54) is 19.3 Å².